The Kier molecular flexibility index (Phi) is 5.87. The van der Waals surface area contributed by atoms with Crippen molar-refractivity contribution in [1.29, 1.82) is 0 Å². The van der Waals surface area contributed by atoms with Gasteiger partial charge in [-0.15, -0.1) is 11.3 Å². The fourth-order valence-corrected chi connectivity index (χ4v) is 4.59. The van der Waals surface area contributed by atoms with Gasteiger partial charge in [0.1, 0.15) is 11.2 Å². The minimum Gasteiger partial charge on any atom is -0.376 e. The van der Waals surface area contributed by atoms with Crippen molar-refractivity contribution in [3.8, 4) is 0 Å². The van der Waals surface area contributed by atoms with Crippen LogP contribution in [-0.2, 0) is 22.6 Å². The van der Waals surface area contributed by atoms with Crippen LogP contribution in [0.2, 0.25) is 0 Å². The van der Waals surface area contributed by atoms with E-state index in [1.807, 2.05) is 32.0 Å². The largest absolute Gasteiger partial charge is 0.376 e. The zero-order valence-electron chi connectivity index (χ0n) is 17.1. The zero-order valence-corrected chi connectivity index (χ0v) is 18.0. The van der Waals surface area contributed by atoms with Crippen LogP contribution in [0.5, 0.6) is 0 Å². The molecule has 1 aromatic carbocycles. The van der Waals surface area contributed by atoms with Gasteiger partial charge in [-0.25, -0.2) is 4.79 Å². The van der Waals surface area contributed by atoms with Gasteiger partial charge in [-0.3, -0.25) is 18.7 Å². The van der Waals surface area contributed by atoms with Crippen molar-refractivity contribution in [2.24, 2.45) is 0 Å². The average Bonchev–Trinajstić information content (AvgIpc) is 3.41. The maximum atomic E-state index is 13.2. The molecule has 30 heavy (non-hydrogen) atoms. The Balaban J connectivity index is 1.64. The lowest BCUT2D eigenvalue weighted by molar-refractivity contribution is -0.122. The second-order valence-electron chi connectivity index (χ2n) is 7.75. The number of aromatic nitrogens is 2. The van der Waals surface area contributed by atoms with E-state index < -0.39 is 5.69 Å². The number of benzene rings is 1. The number of nitrogens with one attached hydrogen (secondary N) is 1. The molecule has 0 spiro atoms. The van der Waals surface area contributed by atoms with E-state index in [0.29, 0.717) is 16.8 Å². The van der Waals surface area contributed by atoms with Crippen LogP contribution in [0.4, 0.5) is 0 Å². The lowest BCUT2D eigenvalue weighted by Crippen LogP contribution is -2.43. The number of hydrogen-bond acceptors (Lipinski definition) is 5. The van der Waals surface area contributed by atoms with Gasteiger partial charge in [0.2, 0.25) is 5.91 Å². The normalized spacial score (nSPS) is 16.3. The van der Waals surface area contributed by atoms with Crippen molar-refractivity contribution < 1.29 is 9.53 Å². The van der Waals surface area contributed by atoms with Gasteiger partial charge in [0.15, 0.2) is 0 Å². The molecule has 1 atom stereocenters. The zero-order chi connectivity index (χ0) is 21.3. The SMILES string of the molecule is Cc1ccc(Cn2c(=O)c3sccc3n(CC(=O)NC[C@H]3CCCO3)c2=O)cc1C. The van der Waals surface area contributed by atoms with Crippen LogP contribution in [0, 0.1) is 13.8 Å². The number of nitrogens with zero attached hydrogens (tertiary/aromatic N) is 2. The molecule has 1 aliphatic heterocycles. The lowest BCUT2D eigenvalue weighted by atomic mass is 10.1. The van der Waals surface area contributed by atoms with Crippen LogP contribution in [0.1, 0.15) is 29.5 Å². The van der Waals surface area contributed by atoms with Gasteiger partial charge >= 0.3 is 5.69 Å². The molecule has 0 aliphatic carbocycles. The number of hydrogen-bond donors (Lipinski definition) is 1. The molecule has 7 nitrogen and oxygen atoms in total. The van der Waals surface area contributed by atoms with Crippen molar-refractivity contribution in [1.82, 2.24) is 14.5 Å². The first-order valence-corrected chi connectivity index (χ1v) is 11.0. The highest BCUT2D eigenvalue weighted by molar-refractivity contribution is 7.17. The first kappa shape index (κ1) is 20.6. The minimum atomic E-state index is -0.476. The Morgan fingerprint density at radius 1 is 1.20 bits per heavy atom. The summed E-state index contributed by atoms with van der Waals surface area (Å²) < 4.78 is 8.61. The standard InChI is InChI=1S/C22H25N3O4S/c1-14-5-6-16(10-15(14)2)12-25-21(27)20-18(7-9-30-20)24(22(25)28)13-19(26)23-11-17-4-3-8-29-17/h5-7,9-10,17H,3-4,8,11-13H2,1-2H3,(H,23,26)/t17-/m1/s1. The summed E-state index contributed by atoms with van der Waals surface area (Å²) in [5.74, 6) is -0.267. The molecular weight excluding hydrogens is 402 g/mol. The van der Waals surface area contributed by atoms with Crippen LogP contribution in [0.15, 0.2) is 39.2 Å². The van der Waals surface area contributed by atoms with Gasteiger partial charge in [0, 0.05) is 13.2 Å². The van der Waals surface area contributed by atoms with Crippen LogP contribution >= 0.6 is 11.3 Å². The summed E-state index contributed by atoms with van der Waals surface area (Å²) in [5, 5.41) is 4.62. The van der Waals surface area contributed by atoms with Gasteiger partial charge in [-0.2, -0.15) is 0 Å². The highest BCUT2D eigenvalue weighted by Crippen LogP contribution is 2.16. The first-order valence-electron chi connectivity index (χ1n) is 10.1. The third-order valence-electron chi connectivity index (χ3n) is 5.60. The van der Waals surface area contributed by atoms with Gasteiger partial charge in [-0.05, 0) is 54.8 Å². The first-order chi connectivity index (χ1) is 14.4. The Hall–Kier alpha value is -2.71. The fourth-order valence-electron chi connectivity index (χ4n) is 3.74. The topological polar surface area (TPSA) is 82.3 Å². The highest BCUT2D eigenvalue weighted by atomic mass is 32.1. The maximum absolute atomic E-state index is 13.2. The van der Waals surface area contributed by atoms with Crippen molar-refractivity contribution in [2.75, 3.05) is 13.2 Å². The summed E-state index contributed by atoms with van der Waals surface area (Å²) in [5.41, 5.74) is 2.84. The Morgan fingerprint density at radius 3 is 2.77 bits per heavy atom. The van der Waals surface area contributed by atoms with Crippen molar-refractivity contribution in [3.63, 3.8) is 0 Å². The van der Waals surface area contributed by atoms with Crippen LogP contribution in [-0.4, -0.2) is 34.3 Å². The van der Waals surface area contributed by atoms with Gasteiger partial charge in [0.05, 0.1) is 18.2 Å². The average molecular weight is 428 g/mol. The molecule has 0 unspecified atom stereocenters. The Labute approximate surface area is 177 Å². The summed E-state index contributed by atoms with van der Waals surface area (Å²) in [6.07, 6.45) is 1.96. The van der Waals surface area contributed by atoms with Crippen LogP contribution in [0.25, 0.3) is 10.2 Å². The predicted octanol–water partition coefficient (Wildman–Crippen LogP) is 2.19. The minimum absolute atomic E-state index is 0.0329. The molecule has 1 saturated heterocycles. The van der Waals surface area contributed by atoms with Gasteiger partial charge in [0.25, 0.3) is 5.56 Å². The number of aryl methyl sites for hydroxylation is 2. The number of carbonyl (C=O) groups excluding carboxylic acids is 1. The second kappa shape index (κ2) is 8.57. The van der Waals surface area contributed by atoms with E-state index in [9.17, 15) is 14.4 Å². The van der Waals surface area contributed by atoms with Crippen LogP contribution < -0.4 is 16.6 Å². The molecule has 2 aromatic heterocycles. The molecule has 1 amide bonds. The summed E-state index contributed by atoms with van der Waals surface area (Å²) in [4.78, 5) is 38.6. The molecule has 0 saturated carbocycles. The van der Waals surface area contributed by atoms with Gasteiger partial charge in [-0.1, -0.05) is 18.2 Å². The molecular formula is C22H25N3O4S. The molecule has 1 aliphatic rings. The van der Waals surface area contributed by atoms with Crippen molar-refractivity contribution in [2.45, 2.75) is 45.9 Å². The van der Waals surface area contributed by atoms with E-state index in [1.165, 1.54) is 20.5 Å². The lowest BCUT2D eigenvalue weighted by Gasteiger charge is -2.14. The Morgan fingerprint density at radius 2 is 2.03 bits per heavy atom. The van der Waals surface area contributed by atoms with E-state index in [-0.39, 0.29) is 30.7 Å². The maximum Gasteiger partial charge on any atom is 0.332 e. The van der Waals surface area contributed by atoms with Gasteiger partial charge < -0.3 is 10.1 Å². The van der Waals surface area contributed by atoms with E-state index >= 15 is 0 Å². The Bertz CT molecular complexity index is 1200. The van der Waals surface area contributed by atoms with E-state index in [1.54, 1.807) is 11.4 Å². The van der Waals surface area contributed by atoms with E-state index in [0.717, 1.165) is 36.1 Å². The molecule has 1 N–H and O–H groups in total. The number of rotatable bonds is 6. The molecule has 0 bridgehead atoms. The smallest absolute Gasteiger partial charge is 0.332 e. The molecule has 0 radical (unpaired) electrons. The summed E-state index contributed by atoms with van der Waals surface area (Å²) in [7, 11) is 0. The summed E-state index contributed by atoms with van der Waals surface area (Å²) >= 11 is 1.28. The second-order valence-corrected chi connectivity index (χ2v) is 8.67. The van der Waals surface area contributed by atoms with Crippen LogP contribution in [0.3, 0.4) is 0 Å². The molecule has 1 fully saturated rings. The summed E-state index contributed by atoms with van der Waals surface area (Å²) in [6.45, 7) is 5.21. The number of fused-ring (bicyclic) bond motifs is 1. The monoisotopic (exact) mass is 427 g/mol. The molecule has 158 valence electrons. The number of amides is 1. The number of ether oxygens (including phenoxy) is 1. The third kappa shape index (κ3) is 4.11. The molecule has 3 aromatic rings. The predicted molar refractivity (Wildman–Crippen MR) is 117 cm³/mol. The number of thiophene rings is 1. The molecule has 8 heteroatoms. The van der Waals surface area contributed by atoms with Crippen molar-refractivity contribution in [3.05, 3.63) is 67.2 Å². The molecule has 3 heterocycles. The van der Waals surface area contributed by atoms with E-state index in [2.05, 4.69) is 5.32 Å². The van der Waals surface area contributed by atoms with Crippen molar-refractivity contribution >= 4 is 27.5 Å². The van der Waals surface area contributed by atoms with E-state index in [4.69, 9.17) is 4.74 Å². The quantitative estimate of drug-likeness (QED) is 0.654. The highest BCUT2D eigenvalue weighted by Gasteiger charge is 2.19. The molecule has 4 rings (SSSR count). The fraction of sp³-hybridized carbons (Fsp3) is 0.409. The number of carbonyl (C=O) groups is 1. The summed E-state index contributed by atoms with van der Waals surface area (Å²) in [6, 6.07) is 7.61. The third-order valence-corrected chi connectivity index (χ3v) is 6.49.